The number of carbonyl (C=O) groups is 1. The maximum absolute atomic E-state index is 12.0. The molecular formula is C30H32ClN5O6. The summed E-state index contributed by atoms with van der Waals surface area (Å²) in [4.78, 5) is 26.1. The Morgan fingerprint density at radius 1 is 1.14 bits per heavy atom. The predicted molar refractivity (Wildman–Crippen MR) is 160 cm³/mol. The summed E-state index contributed by atoms with van der Waals surface area (Å²) < 4.78 is 16.6. The van der Waals surface area contributed by atoms with Crippen molar-refractivity contribution in [1.29, 1.82) is 0 Å². The Hall–Kier alpha value is -4.16. The average Bonchev–Trinajstić information content (AvgIpc) is 3.35. The lowest BCUT2D eigenvalue weighted by atomic mass is 10.0. The number of rotatable bonds is 9. The van der Waals surface area contributed by atoms with Crippen LogP contribution in [0.25, 0.3) is 33.5 Å². The summed E-state index contributed by atoms with van der Waals surface area (Å²) in [5.41, 5.74) is 5.07. The van der Waals surface area contributed by atoms with Crippen molar-refractivity contribution in [2.45, 2.75) is 24.7 Å². The van der Waals surface area contributed by atoms with Crippen molar-refractivity contribution in [2.75, 3.05) is 39.2 Å². The number of amides is 1. The summed E-state index contributed by atoms with van der Waals surface area (Å²) in [5, 5.41) is 22.3. The first-order valence-corrected chi connectivity index (χ1v) is 13.8. The molecule has 0 saturated carbocycles. The van der Waals surface area contributed by atoms with Gasteiger partial charge in [0.05, 0.1) is 35.2 Å². The highest BCUT2D eigenvalue weighted by Crippen LogP contribution is 2.32. The zero-order valence-electron chi connectivity index (χ0n) is 23.2. The number of carbonyl (C=O) groups excluding carboxylic acids is 1. The molecule has 0 radical (unpaired) electrons. The molecule has 220 valence electrons. The number of halogens is 1. The van der Waals surface area contributed by atoms with Gasteiger partial charge in [0, 0.05) is 24.2 Å². The zero-order valence-corrected chi connectivity index (χ0v) is 23.9. The molecule has 1 fully saturated rings. The van der Waals surface area contributed by atoms with Crippen LogP contribution in [0.15, 0.2) is 66.9 Å². The number of benzene rings is 2. The molecule has 1 saturated heterocycles. The largest absolute Gasteiger partial charge is 0.516 e. The number of nitrogens with zero attached hydrogens (tertiary/aromatic N) is 3. The first-order chi connectivity index (χ1) is 20.3. The van der Waals surface area contributed by atoms with Crippen molar-refractivity contribution >= 4 is 34.5 Å². The number of fused-ring (bicyclic) bond motifs is 1. The Morgan fingerprint density at radius 3 is 2.50 bits per heavy atom. The maximum atomic E-state index is 12.0. The van der Waals surface area contributed by atoms with Crippen LogP contribution in [0.4, 0.5) is 10.5 Å². The summed E-state index contributed by atoms with van der Waals surface area (Å²) in [5.74, 6) is 0. The van der Waals surface area contributed by atoms with Gasteiger partial charge in [0.15, 0.2) is 5.65 Å². The fourth-order valence-electron chi connectivity index (χ4n) is 4.51. The number of imidazole rings is 1. The van der Waals surface area contributed by atoms with Gasteiger partial charge in [-0.05, 0) is 49.5 Å². The number of likely N-dealkylation sites (N-methyl/N-ethyl adjacent to an activating group) is 1. The fourth-order valence-corrected chi connectivity index (χ4v) is 4.77. The lowest BCUT2D eigenvalue weighted by Crippen LogP contribution is -2.42. The van der Waals surface area contributed by atoms with Gasteiger partial charge < -0.3 is 34.3 Å². The van der Waals surface area contributed by atoms with Crippen LogP contribution in [-0.2, 0) is 9.47 Å². The van der Waals surface area contributed by atoms with Gasteiger partial charge in [0.25, 0.3) is 6.01 Å². The number of hydrogen-bond acceptors (Lipinski definition) is 9. The molecule has 12 heteroatoms. The molecule has 0 unspecified atom stereocenters. The van der Waals surface area contributed by atoms with Gasteiger partial charge >= 0.3 is 6.09 Å². The molecule has 3 heterocycles. The summed E-state index contributed by atoms with van der Waals surface area (Å²) in [6, 6.07) is 17.3. The lowest BCUT2D eigenvalue weighted by Gasteiger charge is -2.31. The van der Waals surface area contributed by atoms with Crippen LogP contribution >= 0.6 is 11.6 Å². The normalized spacial score (nSPS) is 18.9. The van der Waals surface area contributed by atoms with Crippen molar-refractivity contribution in [3.05, 3.63) is 72.0 Å². The third kappa shape index (κ3) is 7.18. The minimum atomic E-state index is -0.810. The van der Waals surface area contributed by atoms with Crippen LogP contribution in [0.1, 0.15) is 6.42 Å². The first kappa shape index (κ1) is 29.3. The monoisotopic (exact) mass is 593 g/mol. The average molecular weight is 594 g/mol. The third-order valence-electron chi connectivity index (χ3n) is 6.71. The summed E-state index contributed by atoms with van der Waals surface area (Å²) in [7, 11) is 3.83. The first-order valence-electron chi connectivity index (χ1n) is 13.4. The molecule has 1 aliphatic rings. The third-order valence-corrected chi connectivity index (χ3v) is 7.00. The van der Waals surface area contributed by atoms with E-state index in [2.05, 4.69) is 20.3 Å². The highest BCUT2D eigenvalue weighted by molar-refractivity contribution is 6.33. The lowest BCUT2D eigenvalue weighted by molar-refractivity contribution is -0.0979. The van der Waals surface area contributed by atoms with E-state index in [1.165, 1.54) is 6.08 Å². The van der Waals surface area contributed by atoms with Crippen molar-refractivity contribution in [3.8, 4) is 28.4 Å². The highest BCUT2D eigenvalue weighted by Gasteiger charge is 2.30. The van der Waals surface area contributed by atoms with E-state index in [1.54, 1.807) is 6.07 Å². The molecule has 42 heavy (non-hydrogen) atoms. The van der Waals surface area contributed by atoms with Gasteiger partial charge in [-0.2, -0.15) is 4.98 Å². The molecule has 2 aromatic heterocycles. The van der Waals surface area contributed by atoms with Gasteiger partial charge in [0.2, 0.25) is 0 Å². The Labute approximate surface area is 247 Å². The Kier molecular flexibility index (Phi) is 9.23. The number of aromatic nitrogens is 3. The molecule has 2 aromatic carbocycles. The van der Waals surface area contributed by atoms with Crippen LogP contribution in [0.3, 0.4) is 0 Å². The van der Waals surface area contributed by atoms with E-state index in [0.29, 0.717) is 47.1 Å². The van der Waals surface area contributed by atoms with Crippen LogP contribution in [-0.4, -0.2) is 88.3 Å². The minimum absolute atomic E-state index is 0.234. The number of aromatic amines is 1. The standard InChI is InChI=1S/C30H32ClN5O6/c1-36(2)12-14-40-30(39)32-21-9-7-19(8-10-21)18-3-5-20(6-4-18)27-23(31)16-24-28(34-27)35-29(33-24)42-22-15-25(38)26(11-13-37)41-17-22/h3-11,13,16,22,25-26,37-38H,12,14-15,17H2,1-2H3,(H,32,39)(H,33,34,35)/b13-11+/t22-,25+,26-/m1/s1. The topological polar surface area (TPSA) is 142 Å². The van der Waals surface area contributed by atoms with Crippen LogP contribution < -0.4 is 10.1 Å². The van der Waals surface area contributed by atoms with Crippen molar-refractivity contribution < 1.29 is 29.2 Å². The fraction of sp³-hybridized carbons (Fsp3) is 0.300. The van der Waals surface area contributed by atoms with E-state index >= 15 is 0 Å². The molecule has 0 aliphatic carbocycles. The second-order valence-electron chi connectivity index (χ2n) is 10.1. The minimum Gasteiger partial charge on any atom is -0.516 e. The Morgan fingerprint density at radius 2 is 1.83 bits per heavy atom. The molecule has 0 spiro atoms. The van der Waals surface area contributed by atoms with Crippen molar-refractivity contribution in [3.63, 3.8) is 0 Å². The van der Waals surface area contributed by atoms with E-state index in [9.17, 15) is 9.90 Å². The predicted octanol–water partition coefficient (Wildman–Crippen LogP) is 5.02. The van der Waals surface area contributed by atoms with E-state index in [4.69, 9.17) is 30.9 Å². The van der Waals surface area contributed by atoms with E-state index in [1.807, 2.05) is 67.5 Å². The summed E-state index contributed by atoms with van der Waals surface area (Å²) >= 11 is 6.59. The Balaban J connectivity index is 1.23. The second-order valence-corrected chi connectivity index (χ2v) is 10.5. The number of hydrogen-bond donors (Lipinski definition) is 4. The van der Waals surface area contributed by atoms with E-state index in [-0.39, 0.29) is 12.6 Å². The van der Waals surface area contributed by atoms with Gasteiger partial charge in [-0.15, -0.1) is 0 Å². The number of nitrogens with one attached hydrogen (secondary N) is 2. The smallest absolute Gasteiger partial charge is 0.411 e. The maximum Gasteiger partial charge on any atom is 0.411 e. The van der Waals surface area contributed by atoms with Crippen LogP contribution in [0, 0.1) is 0 Å². The molecule has 3 atom stereocenters. The van der Waals surface area contributed by atoms with Gasteiger partial charge in [-0.25, -0.2) is 9.78 Å². The van der Waals surface area contributed by atoms with Crippen molar-refractivity contribution in [1.82, 2.24) is 19.9 Å². The number of ether oxygens (including phenoxy) is 3. The van der Waals surface area contributed by atoms with Gasteiger partial charge in [-0.3, -0.25) is 5.32 Å². The van der Waals surface area contributed by atoms with E-state index < -0.39 is 24.4 Å². The highest BCUT2D eigenvalue weighted by atomic mass is 35.5. The van der Waals surface area contributed by atoms with Gasteiger partial charge in [0.1, 0.15) is 18.8 Å². The molecular weight excluding hydrogens is 562 g/mol. The quantitative estimate of drug-likeness (QED) is 0.197. The number of H-pyrrole nitrogens is 1. The van der Waals surface area contributed by atoms with Crippen molar-refractivity contribution in [2.24, 2.45) is 0 Å². The number of pyridine rings is 1. The second kappa shape index (κ2) is 13.2. The molecule has 4 N–H and O–H groups in total. The molecule has 1 amide bonds. The molecule has 11 nitrogen and oxygen atoms in total. The number of aliphatic hydroxyl groups is 2. The number of aliphatic hydroxyl groups excluding tert-OH is 2. The van der Waals surface area contributed by atoms with E-state index in [0.717, 1.165) is 23.0 Å². The number of anilines is 1. The van der Waals surface area contributed by atoms with Gasteiger partial charge in [-0.1, -0.05) is 48.0 Å². The summed E-state index contributed by atoms with van der Waals surface area (Å²) in [6.45, 7) is 1.20. The molecule has 0 bridgehead atoms. The molecule has 1 aliphatic heterocycles. The SMILES string of the molecule is CN(C)CCOC(=O)Nc1ccc(-c2ccc(-c3nc4nc(O[C@H]5CO[C@H](/C=C/O)[C@@H](O)C5)[nH]c4cc3Cl)cc2)cc1. The van der Waals surface area contributed by atoms with Crippen LogP contribution in [0.5, 0.6) is 6.01 Å². The Bertz CT molecular complexity index is 1540. The molecule has 5 rings (SSSR count). The van der Waals surface area contributed by atoms with Crippen LogP contribution in [0.2, 0.25) is 5.02 Å². The molecule has 4 aromatic rings. The zero-order chi connectivity index (χ0) is 29.6. The summed E-state index contributed by atoms with van der Waals surface area (Å²) in [6.07, 6.45) is 0.280.